The van der Waals surface area contributed by atoms with Gasteiger partial charge in [-0.2, -0.15) is 0 Å². The van der Waals surface area contributed by atoms with Gasteiger partial charge in [-0.05, 0) is 0 Å². The Bertz CT molecular complexity index is 634. The first-order valence-corrected chi connectivity index (χ1v) is 9.76. The molecule has 22 heavy (non-hydrogen) atoms. The van der Waals surface area contributed by atoms with Crippen molar-refractivity contribution in [3.05, 3.63) is 103 Å². The van der Waals surface area contributed by atoms with E-state index in [1.807, 2.05) is 0 Å². The molecular formula is C21H21P. The molecule has 0 unspecified atom stereocenters. The minimum absolute atomic E-state index is 1.42. The van der Waals surface area contributed by atoms with Gasteiger partial charge in [0.15, 0.2) is 0 Å². The summed E-state index contributed by atoms with van der Waals surface area (Å²) in [6.45, 7) is 2.12. The van der Waals surface area contributed by atoms with Gasteiger partial charge in [-0.3, -0.25) is 0 Å². The second kappa shape index (κ2) is 6.73. The fourth-order valence-electron chi connectivity index (χ4n) is 3.14. The Morgan fingerprint density at radius 3 is 1.14 bits per heavy atom. The molecule has 3 aromatic rings. The summed E-state index contributed by atoms with van der Waals surface area (Å²) < 4.78 is 0. The van der Waals surface area contributed by atoms with Gasteiger partial charge >= 0.3 is 133 Å². The first-order chi connectivity index (χ1) is 10.9. The SMILES string of the molecule is CC=C[PH](c1ccccc1)(c1ccccc1)c1ccccc1. The van der Waals surface area contributed by atoms with Crippen LogP contribution in [0.15, 0.2) is 103 Å². The normalized spacial score (nSPS) is 12.4. The van der Waals surface area contributed by atoms with E-state index < -0.39 is 7.26 Å². The molecule has 0 radical (unpaired) electrons. The molecule has 0 aliphatic carbocycles. The summed E-state index contributed by atoms with van der Waals surface area (Å²) in [4.78, 5) is 0. The first kappa shape index (κ1) is 14.8. The zero-order valence-corrected chi connectivity index (χ0v) is 13.8. The monoisotopic (exact) mass is 304 g/mol. The van der Waals surface area contributed by atoms with Crippen molar-refractivity contribution in [3.63, 3.8) is 0 Å². The van der Waals surface area contributed by atoms with E-state index in [1.54, 1.807) is 0 Å². The molecular weight excluding hydrogens is 283 g/mol. The Kier molecular flexibility index (Phi) is 4.51. The molecule has 110 valence electrons. The van der Waals surface area contributed by atoms with Crippen LogP contribution in [0.3, 0.4) is 0 Å². The Hall–Kier alpha value is -2.17. The second-order valence-electron chi connectivity index (χ2n) is 5.41. The van der Waals surface area contributed by atoms with Crippen LogP contribution < -0.4 is 15.9 Å². The number of allylic oxidation sites excluding steroid dienone is 1. The van der Waals surface area contributed by atoms with Crippen molar-refractivity contribution in [2.45, 2.75) is 6.92 Å². The van der Waals surface area contributed by atoms with Gasteiger partial charge in [0.25, 0.3) is 0 Å². The van der Waals surface area contributed by atoms with Gasteiger partial charge in [0.05, 0.1) is 0 Å². The molecule has 0 fully saturated rings. The van der Waals surface area contributed by atoms with E-state index in [4.69, 9.17) is 0 Å². The average molecular weight is 304 g/mol. The molecule has 0 nitrogen and oxygen atoms in total. The molecule has 3 rings (SSSR count). The van der Waals surface area contributed by atoms with Gasteiger partial charge in [-0.1, -0.05) is 0 Å². The quantitative estimate of drug-likeness (QED) is 0.632. The Labute approximate surface area is 133 Å². The van der Waals surface area contributed by atoms with Crippen LogP contribution >= 0.6 is 7.26 Å². The zero-order chi connectivity index (χ0) is 15.3. The van der Waals surface area contributed by atoms with E-state index in [0.29, 0.717) is 0 Å². The molecule has 0 atom stereocenters. The van der Waals surface area contributed by atoms with E-state index in [-0.39, 0.29) is 0 Å². The molecule has 0 saturated heterocycles. The standard InChI is InChI=1S/C21H21P/c1-2-18-22(19-12-6-3-7-13-19,20-14-8-4-9-15-20)21-16-10-5-11-17-21/h2-18,22H,1H3. The third-order valence-electron chi connectivity index (χ3n) is 4.10. The van der Waals surface area contributed by atoms with Crippen LogP contribution in [0.1, 0.15) is 6.92 Å². The van der Waals surface area contributed by atoms with Crippen molar-refractivity contribution in [3.8, 4) is 0 Å². The summed E-state index contributed by atoms with van der Waals surface area (Å²) in [6.07, 6.45) is 2.21. The van der Waals surface area contributed by atoms with E-state index in [0.717, 1.165) is 0 Å². The van der Waals surface area contributed by atoms with Gasteiger partial charge in [0.1, 0.15) is 0 Å². The van der Waals surface area contributed by atoms with Crippen molar-refractivity contribution in [1.29, 1.82) is 0 Å². The summed E-state index contributed by atoms with van der Waals surface area (Å²) >= 11 is 0. The zero-order valence-electron chi connectivity index (χ0n) is 12.8. The predicted octanol–water partition coefficient (Wildman–Crippen LogP) is 4.25. The molecule has 0 amide bonds. The van der Waals surface area contributed by atoms with Gasteiger partial charge in [0.2, 0.25) is 0 Å². The minimum atomic E-state index is -2.10. The summed E-state index contributed by atoms with van der Waals surface area (Å²) in [5.41, 5.74) is 0. The van der Waals surface area contributed by atoms with Crippen molar-refractivity contribution in [1.82, 2.24) is 0 Å². The van der Waals surface area contributed by atoms with Crippen LogP contribution in [0, 0.1) is 0 Å². The van der Waals surface area contributed by atoms with Crippen LogP contribution in [0.2, 0.25) is 0 Å². The number of hydrogen-bond donors (Lipinski definition) is 0. The van der Waals surface area contributed by atoms with Crippen LogP contribution in [-0.4, -0.2) is 0 Å². The van der Waals surface area contributed by atoms with Crippen molar-refractivity contribution in [2.24, 2.45) is 0 Å². The summed E-state index contributed by atoms with van der Waals surface area (Å²) in [7, 11) is -2.10. The Balaban J connectivity index is 2.34. The van der Waals surface area contributed by atoms with Gasteiger partial charge in [-0.15, -0.1) is 0 Å². The topological polar surface area (TPSA) is 0 Å². The number of hydrogen-bond acceptors (Lipinski definition) is 0. The summed E-state index contributed by atoms with van der Waals surface area (Å²) in [6, 6.07) is 32.8. The maximum atomic E-state index is 2.44. The summed E-state index contributed by atoms with van der Waals surface area (Å²) in [5.74, 6) is 2.44. The molecule has 0 N–H and O–H groups in total. The predicted molar refractivity (Wildman–Crippen MR) is 101 cm³/mol. The molecule has 0 heterocycles. The van der Waals surface area contributed by atoms with Gasteiger partial charge in [0, 0.05) is 0 Å². The third kappa shape index (κ3) is 2.63. The van der Waals surface area contributed by atoms with Crippen molar-refractivity contribution < 1.29 is 0 Å². The van der Waals surface area contributed by atoms with Gasteiger partial charge < -0.3 is 0 Å². The molecule has 0 aliphatic heterocycles. The molecule has 0 bridgehead atoms. The maximum absolute atomic E-state index is 2.44. The van der Waals surface area contributed by atoms with Gasteiger partial charge in [-0.25, -0.2) is 0 Å². The molecule has 1 heteroatoms. The Morgan fingerprint density at radius 1 is 0.545 bits per heavy atom. The van der Waals surface area contributed by atoms with Crippen molar-refractivity contribution >= 4 is 23.2 Å². The third-order valence-corrected chi connectivity index (χ3v) is 8.67. The fourth-order valence-corrected chi connectivity index (χ4v) is 7.37. The summed E-state index contributed by atoms with van der Waals surface area (Å²) in [5, 5.41) is 4.27. The number of rotatable bonds is 4. The van der Waals surface area contributed by atoms with Crippen molar-refractivity contribution in [2.75, 3.05) is 0 Å². The van der Waals surface area contributed by atoms with Crippen LogP contribution in [0.25, 0.3) is 0 Å². The first-order valence-electron chi connectivity index (χ1n) is 7.68. The van der Waals surface area contributed by atoms with E-state index in [1.165, 1.54) is 15.9 Å². The van der Waals surface area contributed by atoms with E-state index in [9.17, 15) is 0 Å². The molecule has 3 aromatic carbocycles. The molecule has 0 aliphatic rings. The fraction of sp³-hybridized carbons (Fsp3) is 0.0476. The molecule has 0 spiro atoms. The van der Waals surface area contributed by atoms with Crippen LogP contribution in [0.5, 0.6) is 0 Å². The van der Waals surface area contributed by atoms with Crippen LogP contribution in [0.4, 0.5) is 0 Å². The van der Waals surface area contributed by atoms with E-state index in [2.05, 4.69) is 110 Å². The molecule has 0 aromatic heterocycles. The average Bonchev–Trinajstić information content (AvgIpc) is 2.62. The van der Waals surface area contributed by atoms with E-state index >= 15 is 0 Å². The molecule has 0 saturated carbocycles. The number of benzene rings is 3. The Morgan fingerprint density at radius 2 is 0.864 bits per heavy atom. The second-order valence-corrected chi connectivity index (χ2v) is 9.09. The van der Waals surface area contributed by atoms with Crippen LogP contribution in [-0.2, 0) is 0 Å².